The van der Waals surface area contributed by atoms with Crippen molar-refractivity contribution >= 4 is 12.1 Å². The molecule has 0 spiro atoms. The Kier molecular flexibility index (Phi) is 1.58. The normalized spacial score (nSPS) is 31.5. The summed E-state index contributed by atoms with van der Waals surface area (Å²) >= 11 is 0. The lowest BCUT2D eigenvalue weighted by Crippen LogP contribution is -2.46. The maximum atomic E-state index is 11.4. The minimum absolute atomic E-state index is 0.0789. The van der Waals surface area contributed by atoms with Crippen LogP contribution < -0.4 is 16.0 Å². The van der Waals surface area contributed by atoms with Crippen LogP contribution in [0.15, 0.2) is 0 Å². The zero-order valence-corrected chi connectivity index (χ0v) is 7.50. The molecule has 3 N–H and O–H groups in total. The molecule has 2 aliphatic heterocycles. The maximum absolute atomic E-state index is 11.4. The van der Waals surface area contributed by atoms with E-state index in [1.807, 2.05) is 13.8 Å². The number of carbonyl (C=O) groups is 2. The van der Waals surface area contributed by atoms with Crippen LogP contribution in [0.3, 0.4) is 0 Å². The lowest BCUT2D eigenvalue weighted by molar-refractivity contribution is 0.177. The molecule has 0 aliphatic carbocycles. The van der Waals surface area contributed by atoms with Crippen molar-refractivity contribution in [2.24, 2.45) is 0 Å². The molecule has 2 saturated heterocycles. The van der Waals surface area contributed by atoms with Gasteiger partial charge in [0.1, 0.15) is 12.3 Å². The highest BCUT2D eigenvalue weighted by molar-refractivity contribution is 5.84. The van der Waals surface area contributed by atoms with Gasteiger partial charge in [-0.1, -0.05) is 0 Å². The average molecular weight is 184 g/mol. The summed E-state index contributed by atoms with van der Waals surface area (Å²) in [6.07, 6.45) is -0.539. The monoisotopic (exact) mass is 184 g/mol. The molecule has 6 heteroatoms. The van der Waals surface area contributed by atoms with Gasteiger partial charge >= 0.3 is 12.1 Å². The minimum atomic E-state index is -0.289. The van der Waals surface area contributed by atoms with Crippen LogP contribution in [0.5, 0.6) is 0 Å². The van der Waals surface area contributed by atoms with Crippen molar-refractivity contribution in [3.05, 3.63) is 0 Å². The van der Waals surface area contributed by atoms with Gasteiger partial charge in [0.15, 0.2) is 0 Å². The van der Waals surface area contributed by atoms with E-state index < -0.39 is 0 Å². The van der Waals surface area contributed by atoms with Crippen LogP contribution in [0.2, 0.25) is 0 Å². The van der Waals surface area contributed by atoms with Gasteiger partial charge in [0.05, 0.1) is 0 Å². The molecule has 0 radical (unpaired) electrons. The van der Waals surface area contributed by atoms with Crippen LogP contribution in [-0.2, 0) is 0 Å². The third-order valence-corrected chi connectivity index (χ3v) is 2.25. The van der Waals surface area contributed by atoms with Crippen molar-refractivity contribution in [1.29, 1.82) is 0 Å². The van der Waals surface area contributed by atoms with Crippen molar-refractivity contribution in [3.63, 3.8) is 0 Å². The second kappa shape index (κ2) is 2.51. The van der Waals surface area contributed by atoms with Crippen LogP contribution in [0.25, 0.3) is 0 Å². The first-order valence-electron chi connectivity index (χ1n) is 4.25. The van der Waals surface area contributed by atoms with Crippen molar-refractivity contribution in [2.45, 2.75) is 32.2 Å². The van der Waals surface area contributed by atoms with E-state index in [0.717, 1.165) is 0 Å². The van der Waals surface area contributed by atoms with Crippen LogP contribution in [-0.4, -0.2) is 35.3 Å². The molecule has 13 heavy (non-hydrogen) atoms. The summed E-state index contributed by atoms with van der Waals surface area (Å²) in [5.41, 5.74) is 0. The maximum Gasteiger partial charge on any atom is 0.321 e. The first-order valence-corrected chi connectivity index (χ1v) is 4.25. The number of rotatable bonds is 1. The second-order valence-corrected chi connectivity index (χ2v) is 3.49. The summed E-state index contributed by atoms with van der Waals surface area (Å²) in [5.74, 6) is 0. The fraction of sp³-hybridized carbons (Fsp3) is 0.714. The number of nitrogens with one attached hydrogen (secondary N) is 3. The molecule has 2 heterocycles. The SMILES string of the molecule is CC(C)N1C(=O)NC2NC(=O)NC21. The molecule has 0 bridgehead atoms. The molecule has 2 rings (SSSR count). The molecule has 2 aliphatic rings. The van der Waals surface area contributed by atoms with Crippen LogP contribution in [0.4, 0.5) is 9.59 Å². The Labute approximate surface area is 75.6 Å². The third-order valence-electron chi connectivity index (χ3n) is 2.25. The molecular formula is C7H12N4O2. The lowest BCUT2D eigenvalue weighted by Gasteiger charge is -2.24. The molecule has 72 valence electrons. The molecule has 4 amide bonds. The zero-order chi connectivity index (χ0) is 9.59. The first kappa shape index (κ1) is 8.15. The number of fused-ring (bicyclic) bond motifs is 1. The number of hydrogen-bond acceptors (Lipinski definition) is 2. The topological polar surface area (TPSA) is 73.5 Å². The Morgan fingerprint density at radius 2 is 1.92 bits per heavy atom. The largest absolute Gasteiger partial charge is 0.321 e. The van der Waals surface area contributed by atoms with Crippen molar-refractivity contribution in [1.82, 2.24) is 20.9 Å². The molecular weight excluding hydrogens is 172 g/mol. The highest BCUT2D eigenvalue weighted by atomic mass is 16.2. The van der Waals surface area contributed by atoms with E-state index in [1.165, 1.54) is 0 Å². The number of urea groups is 2. The van der Waals surface area contributed by atoms with E-state index in [1.54, 1.807) is 4.90 Å². The Bertz CT molecular complexity index is 265. The Balaban J connectivity index is 2.19. The molecule has 2 unspecified atom stereocenters. The fourth-order valence-corrected chi connectivity index (χ4v) is 1.71. The van der Waals surface area contributed by atoms with Crippen molar-refractivity contribution in [3.8, 4) is 0 Å². The molecule has 0 aromatic heterocycles. The summed E-state index contributed by atoms with van der Waals surface area (Å²) in [5, 5.41) is 7.95. The molecule has 0 aromatic carbocycles. The van der Waals surface area contributed by atoms with E-state index in [-0.39, 0.29) is 30.4 Å². The van der Waals surface area contributed by atoms with E-state index in [2.05, 4.69) is 16.0 Å². The molecule has 2 atom stereocenters. The second-order valence-electron chi connectivity index (χ2n) is 3.49. The van der Waals surface area contributed by atoms with Gasteiger partial charge in [-0.3, -0.25) is 4.90 Å². The van der Waals surface area contributed by atoms with Gasteiger partial charge in [0, 0.05) is 6.04 Å². The quantitative estimate of drug-likeness (QED) is 0.508. The first-order chi connectivity index (χ1) is 6.09. The molecule has 0 saturated carbocycles. The Morgan fingerprint density at radius 1 is 1.23 bits per heavy atom. The Hall–Kier alpha value is -1.46. The van der Waals surface area contributed by atoms with E-state index in [9.17, 15) is 9.59 Å². The smallest absolute Gasteiger partial charge is 0.314 e. The van der Waals surface area contributed by atoms with Crippen LogP contribution in [0.1, 0.15) is 13.8 Å². The number of nitrogens with zero attached hydrogens (tertiary/aromatic N) is 1. The molecule has 0 aromatic rings. The van der Waals surface area contributed by atoms with E-state index in [4.69, 9.17) is 0 Å². The van der Waals surface area contributed by atoms with Gasteiger partial charge < -0.3 is 16.0 Å². The lowest BCUT2D eigenvalue weighted by atomic mass is 10.3. The number of amides is 4. The third kappa shape index (κ3) is 1.09. The average Bonchev–Trinajstić information content (AvgIpc) is 2.41. The summed E-state index contributed by atoms with van der Waals surface area (Å²) in [7, 11) is 0. The van der Waals surface area contributed by atoms with Gasteiger partial charge in [-0.15, -0.1) is 0 Å². The summed E-state index contributed by atoms with van der Waals surface area (Å²) in [4.78, 5) is 23.9. The predicted molar refractivity (Wildman–Crippen MR) is 44.8 cm³/mol. The standard InChI is InChI=1S/C7H12N4O2/c1-3(2)11-5-4(9-7(11)13)8-6(12)10-5/h3-5H,1-2H3,(H,9,13)(H2,8,10,12). The molecule has 2 fully saturated rings. The number of hydrogen-bond donors (Lipinski definition) is 3. The van der Waals surface area contributed by atoms with Crippen molar-refractivity contribution < 1.29 is 9.59 Å². The van der Waals surface area contributed by atoms with Gasteiger partial charge in [0.25, 0.3) is 0 Å². The highest BCUT2D eigenvalue weighted by Gasteiger charge is 2.46. The minimum Gasteiger partial charge on any atom is -0.314 e. The van der Waals surface area contributed by atoms with Gasteiger partial charge in [-0.25, -0.2) is 9.59 Å². The van der Waals surface area contributed by atoms with Crippen LogP contribution >= 0.6 is 0 Å². The summed E-state index contributed by atoms with van der Waals surface area (Å²) in [6, 6.07) is -0.298. The number of carbonyl (C=O) groups excluding carboxylic acids is 2. The van der Waals surface area contributed by atoms with Gasteiger partial charge in [0.2, 0.25) is 0 Å². The predicted octanol–water partition coefficient (Wildman–Crippen LogP) is -0.615. The zero-order valence-electron chi connectivity index (χ0n) is 7.50. The van der Waals surface area contributed by atoms with Gasteiger partial charge in [-0.05, 0) is 13.8 Å². The fourth-order valence-electron chi connectivity index (χ4n) is 1.71. The van der Waals surface area contributed by atoms with Crippen molar-refractivity contribution in [2.75, 3.05) is 0 Å². The van der Waals surface area contributed by atoms with Gasteiger partial charge in [-0.2, -0.15) is 0 Å². The van der Waals surface area contributed by atoms with E-state index >= 15 is 0 Å². The van der Waals surface area contributed by atoms with E-state index in [0.29, 0.717) is 0 Å². The molecule has 6 nitrogen and oxygen atoms in total. The van der Waals surface area contributed by atoms with Crippen LogP contribution in [0, 0.1) is 0 Å². The Morgan fingerprint density at radius 3 is 2.54 bits per heavy atom. The summed E-state index contributed by atoms with van der Waals surface area (Å²) in [6.45, 7) is 3.82. The summed E-state index contributed by atoms with van der Waals surface area (Å²) < 4.78 is 0. The highest BCUT2D eigenvalue weighted by Crippen LogP contribution is 2.16.